The van der Waals surface area contributed by atoms with Crippen molar-refractivity contribution in [2.24, 2.45) is 0 Å². The Balaban J connectivity index is 1.93. The van der Waals surface area contributed by atoms with E-state index in [0.29, 0.717) is 29.3 Å². The monoisotopic (exact) mass is 425 g/mol. The molecule has 0 unspecified atom stereocenters. The lowest BCUT2D eigenvalue weighted by atomic mass is 10.0. The number of aryl methyl sites for hydroxylation is 1. The van der Waals surface area contributed by atoms with Crippen molar-refractivity contribution in [2.75, 3.05) is 12.9 Å². The number of ether oxygens (including phenoxy) is 1. The van der Waals surface area contributed by atoms with Crippen molar-refractivity contribution in [3.05, 3.63) is 66.2 Å². The Labute approximate surface area is 173 Å². The summed E-state index contributed by atoms with van der Waals surface area (Å²) in [5.41, 5.74) is 3.35. The first-order valence-electron chi connectivity index (χ1n) is 9.37. The Bertz CT molecular complexity index is 1350. The second-order valence-electron chi connectivity index (χ2n) is 6.92. The molecule has 0 bridgehead atoms. The molecule has 2 aromatic carbocycles. The van der Waals surface area contributed by atoms with Gasteiger partial charge in [-0.05, 0) is 50.2 Å². The smallest absolute Gasteiger partial charge is 0.235 e. The van der Waals surface area contributed by atoms with Crippen LogP contribution >= 0.6 is 0 Å². The molecule has 0 N–H and O–H groups in total. The molecule has 6 nitrogen and oxygen atoms in total. The summed E-state index contributed by atoms with van der Waals surface area (Å²) >= 11 is 0. The number of benzene rings is 2. The molecule has 8 heteroatoms. The number of sulfone groups is 1. The van der Waals surface area contributed by atoms with Gasteiger partial charge in [0, 0.05) is 29.3 Å². The van der Waals surface area contributed by atoms with Crippen molar-refractivity contribution in [3.63, 3.8) is 0 Å². The van der Waals surface area contributed by atoms with E-state index < -0.39 is 15.7 Å². The van der Waals surface area contributed by atoms with E-state index in [4.69, 9.17) is 4.74 Å². The maximum Gasteiger partial charge on any atom is 0.235 e. The molecule has 0 spiro atoms. The molecular formula is C22H20FN3O3S. The molecule has 0 radical (unpaired) electrons. The minimum atomic E-state index is -3.31. The van der Waals surface area contributed by atoms with E-state index in [2.05, 4.69) is 9.97 Å². The first-order valence-corrected chi connectivity index (χ1v) is 11.3. The van der Waals surface area contributed by atoms with E-state index in [1.165, 1.54) is 6.07 Å². The molecule has 0 aliphatic heterocycles. The van der Waals surface area contributed by atoms with Crippen LogP contribution in [0.2, 0.25) is 0 Å². The van der Waals surface area contributed by atoms with Gasteiger partial charge in [0.05, 0.1) is 22.9 Å². The molecule has 4 rings (SSSR count). The van der Waals surface area contributed by atoms with Gasteiger partial charge in [-0.25, -0.2) is 22.8 Å². The first-order chi connectivity index (χ1) is 14.3. The normalized spacial score (nSPS) is 11.7. The van der Waals surface area contributed by atoms with E-state index in [9.17, 15) is 12.8 Å². The highest BCUT2D eigenvalue weighted by Crippen LogP contribution is 2.34. The van der Waals surface area contributed by atoms with Gasteiger partial charge in [-0.2, -0.15) is 0 Å². The zero-order valence-electron chi connectivity index (χ0n) is 16.8. The minimum Gasteiger partial charge on any atom is -0.491 e. The zero-order valence-corrected chi connectivity index (χ0v) is 17.6. The SMILES string of the molecule is CCOc1ccc(-c2nc3nc(C)ccn3c2-c2ccc(S(C)(=O)=O)cc2)cc1F. The molecule has 30 heavy (non-hydrogen) atoms. The second kappa shape index (κ2) is 7.53. The predicted octanol–water partition coefficient (Wildman–Crippen LogP) is 4.31. The van der Waals surface area contributed by atoms with Crippen LogP contribution in [0.1, 0.15) is 12.6 Å². The number of nitrogens with zero attached hydrogens (tertiary/aromatic N) is 3. The third-order valence-corrected chi connectivity index (χ3v) is 5.82. The third-order valence-electron chi connectivity index (χ3n) is 4.69. The van der Waals surface area contributed by atoms with Crippen LogP contribution in [0, 0.1) is 12.7 Å². The highest BCUT2D eigenvalue weighted by molar-refractivity contribution is 7.90. The molecule has 2 heterocycles. The number of hydrogen-bond acceptors (Lipinski definition) is 5. The fourth-order valence-electron chi connectivity index (χ4n) is 3.28. The highest BCUT2D eigenvalue weighted by Gasteiger charge is 2.19. The van der Waals surface area contributed by atoms with Gasteiger partial charge in [-0.3, -0.25) is 4.40 Å². The number of fused-ring (bicyclic) bond motifs is 1. The molecule has 4 aromatic rings. The van der Waals surface area contributed by atoms with Crippen molar-refractivity contribution >= 4 is 15.6 Å². The van der Waals surface area contributed by atoms with Gasteiger partial charge in [0.25, 0.3) is 0 Å². The third kappa shape index (κ3) is 3.66. The van der Waals surface area contributed by atoms with Gasteiger partial charge < -0.3 is 4.74 Å². The van der Waals surface area contributed by atoms with E-state index in [1.807, 2.05) is 23.6 Å². The van der Waals surface area contributed by atoms with Gasteiger partial charge in [-0.1, -0.05) is 12.1 Å². The standard InChI is InChI=1S/C22H20FN3O3S/c1-4-29-19-10-7-16(13-18(19)23)20-21(26-12-11-14(2)24-22(26)25-20)15-5-8-17(9-6-15)30(3,27)28/h5-13H,4H2,1-3H3. The lowest BCUT2D eigenvalue weighted by molar-refractivity contribution is 0.321. The number of imidazole rings is 1. The van der Waals surface area contributed by atoms with Crippen molar-refractivity contribution in [2.45, 2.75) is 18.7 Å². The molecule has 0 saturated carbocycles. The van der Waals surface area contributed by atoms with Crippen LogP contribution in [0.5, 0.6) is 5.75 Å². The summed E-state index contributed by atoms with van der Waals surface area (Å²) in [6, 6.07) is 13.1. The summed E-state index contributed by atoms with van der Waals surface area (Å²) in [4.78, 5) is 9.33. The topological polar surface area (TPSA) is 73.6 Å². The van der Waals surface area contributed by atoms with Crippen LogP contribution in [0.3, 0.4) is 0 Å². The second-order valence-corrected chi connectivity index (χ2v) is 8.94. The lowest BCUT2D eigenvalue weighted by Crippen LogP contribution is -1.97. The van der Waals surface area contributed by atoms with Crippen LogP contribution in [0.15, 0.2) is 59.6 Å². The Morgan fingerprint density at radius 2 is 1.73 bits per heavy atom. The van der Waals surface area contributed by atoms with Crippen LogP contribution in [0.4, 0.5) is 4.39 Å². The summed E-state index contributed by atoms with van der Waals surface area (Å²) < 4.78 is 45.2. The van der Waals surface area contributed by atoms with Crippen molar-refractivity contribution in [1.82, 2.24) is 14.4 Å². The minimum absolute atomic E-state index is 0.179. The summed E-state index contributed by atoms with van der Waals surface area (Å²) in [5, 5.41) is 0. The van der Waals surface area contributed by atoms with E-state index in [0.717, 1.165) is 17.5 Å². The number of aromatic nitrogens is 3. The summed E-state index contributed by atoms with van der Waals surface area (Å²) in [6.07, 6.45) is 3.01. The van der Waals surface area contributed by atoms with E-state index in [1.54, 1.807) is 43.3 Å². The lowest BCUT2D eigenvalue weighted by Gasteiger charge is -2.09. The number of hydrogen-bond donors (Lipinski definition) is 0. The molecule has 0 aliphatic rings. The van der Waals surface area contributed by atoms with Gasteiger partial charge in [0.15, 0.2) is 21.4 Å². The van der Waals surface area contributed by atoms with E-state index >= 15 is 0 Å². The summed E-state index contributed by atoms with van der Waals surface area (Å²) in [7, 11) is -3.31. The Kier molecular flexibility index (Phi) is 5.03. The average Bonchev–Trinajstić information content (AvgIpc) is 3.07. The molecular weight excluding hydrogens is 405 g/mol. The Morgan fingerprint density at radius 3 is 2.37 bits per heavy atom. The molecule has 0 fully saturated rings. The molecule has 0 atom stereocenters. The van der Waals surface area contributed by atoms with Gasteiger partial charge >= 0.3 is 0 Å². The summed E-state index contributed by atoms with van der Waals surface area (Å²) in [5.74, 6) is 0.174. The van der Waals surface area contributed by atoms with Crippen LogP contribution in [-0.2, 0) is 9.84 Å². The van der Waals surface area contributed by atoms with Crippen LogP contribution < -0.4 is 4.74 Å². The van der Waals surface area contributed by atoms with Gasteiger partial charge in [0.1, 0.15) is 0 Å². The molecule has 154 valence electrons. The molecule has 0 amide bonds. The van der Waals surface area contributed by atoms with E-state index in [-0.39, 0.29) is 10.6 Å². The quantitative estimate of drug-likeness (QED) is 0.476. The maximum atomic E-state index is 14.5. The Hall–Kier alpha value is -3.26. The van der Waals surface area contributed by atoms with Crippen LogP contribution in [-0.4, -0.2) is 35.6 Å². The van der Waals surface area contributed by atoms with Crippen LogP contribution in [0.25, 0.3) is 28.3 Å². The zero-order chi connectivity index (χ0) is 21.5. The average molecular weight is 425 g/mol. The summed E-state index contributed by atoms with van der Waals surface area (Å²) in [6.45, 7) is 4.03. The van der Waals surface area contributed by atoms with Gasteiger partial charge in [-0.15, -0.1) is 0 Å². The fraction of sp³-hybridized carbons (Fsp3) is 0.182. The number of rotatable bonds is 5. The first kappa shape index (κ1) is 20.0. The predicted molar refractivity (Wildman–Crippen MR) is 113 cm³/mol. The van der Waals surface area contributed by atoms with Crippen molar-refractivity contribution in [1.29, 1.82) is 0 Å². The largest absolute Gasteiger partial charge is 0.491 e. The Morgan fingerprint density at radius 1 is 1.03 bits per heavy atom. The molecule has 2 aromatic heterocycles. The molecule has 0 saturated heterocycles. The van der Waals surface area contributed by atoms with Crippen molar-refractivity contribution in [3.8, 4) is 28.3 Å². The maximum absolute atomic E-state index is 14.5. The van der Waals surface area contributed by atoms with Crippen molar-refractivity contribution < 1.29 is 17.5 Å². The highest BCUT2D eigenvalue weighted by atomic mass is 32.2. The fourth-order valence-corrected chi connectivity index (χ4v) is 3.91. The number of halogens is 1. The van der Waals surface area contributed by atoms with Gasteiger partial charge in [0.2, 0.25) is 5.78 Å². The molecule has 0 aliphatic carbocycles.